The Labute approximate surface area is 139 Å². The van der Waals surface area contributed by atoms with Crippen LogP contribution in [0.2, 0.25) is 0 Å². The quantitative estimate of drug-likeness (QED) is 0.697. The molecule has 0 atom stereocenters. The third-order valence-electron chi connectivity index (χ3n) is 3.70. The van der Waals surface area contributed by atoms with E-state index in [1.807, 2.05) is 38.1 Å². The number of amides is 2. The van der Waals surface area contributed by atoms with Gasteiger partial charge in [-0.05, 0) is 44.5 Å². The molecular weight excluding hydrogens is 290 g/mol. The Bertz CT molecular complexity index is 499. The highest BCUT2D eigenvalue weighted by atomic mass is 16.2. The van der Waals surface area contributed by atoms with Gasteiger partial charge in [-0.3, -0.25) is 9.59 Å². The maximum atomic E-state index is 12.0. The highest BCUT2D eigenvalue weighted by Crippen LogP contribution is 2.12. The summed E-state index contributed by atoms with van der Waals surface area (Å²) in [6.07, 6.45) is 1.37. The molecule has 0 spiro atoms. The van der Waals surface area contributed by atoms with Crippen LogP contribution in [0.4, 0.5) is 5.69 Å². The van der Waals surface area contributed by atoms with Crippen LogP contribution in [0.5, 0.6) is 0 Å². The van der Waals surface area contributed by atoms with Gasteiger partial charge in [0, 0.05) is 38.2 Å². The van der Waals surface area contributed by atoms with E-state index < -0.39 is 0 Å². The average Bonchev–Trinajstić information content (AvgIpc) is 2.54. The molecule has 23 heavy (non-hydrogen) atoms. The van der Waals surface area contributed by atoms with E-state index in [1.165, 1.54) is 0 Å². The normalized spacial score (nSPS) is 10.4. The first kappa shape index (κ1) is 19.2. The fraction of sp³-hybridized carbons (Fsp3) is 0.556. The van der Waals surface area contributed by atoms with E-state index in [0.717, 1.165) is 37.4 Å². The fourth-order valence-electron chi connectivity index (χ4n) is 2.39. The summed E-state index contributed by atoms with van der Waals surface area (Å²) in [6, 6.07) is 7.82. The number of benzene rings is 1. The molecular formula is C18H29N3O2. The zero-order valence-electron chi connectivity index (χ0n) is 14.5. The fourth-order valence-corrected chi connectivity index (χ4v) is 2.39. The van der Waals surface area contributed by atoms with E-state index in [2.05, 4.69) is 17.6 Å². The van der Waals surface area contributed by atoms with Crippen molar-refractivity contribution in [2.24, 2.45) is 0 Å². The molecule has 1 rings (SSSR count). The zero-order chi connectivity index (χ0) is 17.1. The highest BCUT2D eigenvalue weighted by Gasteiger charge is 2.10. The lowest BCUT2D eigenvalue weighted by molar-refractivity contribution is -0.130. The first-order valence-electron chi connectivity index (χ1n) is 8.47. The molecule has 0 saturated heterocycles. The number of nitrogens with zero attached hydrogens (tertiary/aromatic N) is 1. The molecule has 0 aliphatic heterocycles. The zero-order valence-corrected chi connectivity index (χ0v) is 14.5. The smallest absolute Gasteiger partial charge is 0.224 e. The Kier molecular flexibility index (Phi) is 8.98. The largest absolute Gasteiger partial charge is 0.343 e. The Hall–Kier alpha value is -1.88. The van der Waals surface area contributed by atoms with Crippen molar-refractivity contribution in [3.8, 4) is 0 Å². The maximum Gasteiger partial charge on any atom is 0.224 e. The van der Waals surface area contributed by atoms with E-state index in [-0.39, 0.29) is 11.8 Å². The van der Waals surface area contributed by atoms with Gasteiger partial charge in [0.2, 0.25) is 11.8 Å². The predicted molar refractivity (Wildman–Crippen MR) is 94.2 cm³/mol. The van der Waals surface area contributed by atoms with Crippen LogP contribution >= 0.6 is 0 Å². The van der Waals surface area contributed by atoms with Crippen LogP contribution in [0.1, 0.15) is 45.6 Å². The second-order valence-electron chi connectivity index (χ2n) is 5.45. The molecule has 5 nitrogen and oxygen atoms in total. The van der Waals surface area contributed by atoms with Crippen LogP contribution in [0.15, 0.2) is 24.3 Å². The van der Waals surface area contributed by atoms with E-state index in [9.17, 15) is 9.59 Å². The van der Waals surface area contributed by atoms with Gasteiger partial charge in [-0.2, -0.15) is 0 Å². The van der Waals surface area contributed by atoms with Crippen LogP contribution in [0, 0.1) is 0 Å². The summed E-state index contributed by atoms with van der Waals surface area (Å²) >= 11 is 0. The summed E-state index contributed by atoms with van der Waals surface area (Å²) in [7, 11) is 0. The van der Waals surface area contributed by atoms with Crippen molar-refractivity contribution in [3.05, 3.63) is 29.8 Å². The lowest BCUT2D eigenvalue weighted by Crippen LogP contribution is -2.30. The summed E-state index contributed by atoms with van der Waals surface area (Å²) < 4.78 is 0. The van der Waals surface area contributed by atoms with Gasteiger partial charge in [-0.1, -0.05) is 19.1 Å². The van der Waals surface area contributed by atoms with Gasteiger partial charge < -0.3 is 15.5 Å². The summed E-state index contributed by atoms with van der Waals surface area (Å²) in [6.45, 7) is 9.14. The Balaban J connectivity index is 2.37. The molecule has 0 aliphatic rings. The molecule has 5 heteroatoms. The lowest BCUT2D eigenvalue weighted by Gasteiger charge is -2.18. The molecule has 0 saturated carbocycles. The number of hydrogen-bond donors (Lipinski definition) is 2. The van der Waals surface area contributed by atoms with Gasteiger partial charge in [-0.25, -0.2) is 0 Å². The van der Waals surface area contributed by atoms with Crippen LogP contribution in [0.3, 0.4) is 0 Å². The van der Waals surface area contributed by atoms with Crippen LogP contribution < -0.4 is 10.6 Å². The topological polar surface area (TPSA) is 61.4 Å². The molecule has 1 aromatic rings. The summed E-state index contributed by atoms with van der Waals surface area (Å²) in [5, 5.41) is 6.16. The minimum atomic E-state index is -0.0436. The van der Waals surface area contributed by atoms with Crippen molar-refractivity contribution in [3.63, 3.8) is 0 Å². The lowest BCUT2D eigenvalue weighted by atomic mass is 10.1. The van der Waals surface area contributed by atoms with Crippen molar-refractivity contribution >= 4 is 17.5 Å². The molecule has 1 aromatic carbocycles. The summed E-state index contributed by atoms with van der Waals surface area (Å²) in [5.41, 5.74) is 1.95. The Morgan fingerprint density at radius 3 is 2.48 bits per heavy atom. The molecule has 0 aromatic heterocycles. The first-order valence-corrected chi connectivity index (χ1v) is 8.47. The molecule has 128 valence electrons. The van der Waals surface area contributed by atoms with Gasteiger partial charge in [-0.15, -0.1) is 0 Å². The third-order valence-corrected chi connectivity index (χ3v) is 3.70. The van der Waals surface area contributed by atoms with Crippen molar-refractivity contribution in [1.29, 1.82) is 0 Å². The van der Waals surface area contributed by atoms with Crippen LogP contribution in [-0.2, 0) is 16.1 Å². The monoisotopic (exact) mass is 319 g/mol. The van der Waals surface area contributed by atoms with Crippen molar-refractivity contribution in [2.75, 3.05) is 25.0 Å². The molecule has 0 unspecified atom stereocenters. The van der Waals surface area contributed by atoms with Gasteiger partial charge in [0.1, 0.15) is 0 Å². The molecule has 0 bridgehead atoms. The molecule has 0 radical (unpaired) electrons. The maximum absolute atomic E-state index is 12.0. The molecule has 0 fully saturated rings. The summed E-state index contributed by atoms with van der Waals surface area (Å²) in [4.78, 5) is 25.6. The first-order chi connectivity index (χ1) is 11.1. The van der Waals surface area contributed by atoms with Crippen LogP contribution in [-0.4, -0.2) is 36.3 Å². The predicted octanol–water partition coefficient (Wildman–Crippen LogP) is 2.77. The van der Waals surface area contributed by atoms with Crippen molar-refractivity contribution in [1.82, 2.24) is 10.2 Å². The molecule has 2 N–H and O–H groups in total. The van der Waals surface area contributed by atoms with E-state index in [1.54, 1.807) is 4.90 Å². The molecule has 0 aliphatic carbocycles. The van der Waals surface area contributed by atoms with E-state index >= 15 is 0 Å². The van der Waals surface area contributed by atoms with E-state index in [0.29, 0.717) is 19.3 Å². The summed E-state index contributed by atoms with van der Waals surface area (Å²) in [5.74, 6) is 0.0772. The SMILES string of the molecule is CCNCc1cccc(NC(=O)CCCC(=O)N(CC)CC)c1. The van der Waals surface area contributed by atoms with Crippen LogP contribution in [0.25, 0.3) is 0 Å². The van der Waals surface area contributed by atoms with E-state index in [4.69, 9.17) is 0 Å². The number of hydrogen-bond acceptors (Lipinski definition) is 3. The number of rotatable bonds is 10. The molecule has 2 amide bonds. The third kappa shape index (κ3) is 7.28. The standard InChI is InChI=1S/C18H29N3O2/c1-4-19-14-15-9-7-10-16(13-15)20-17(22)11-8-12-18(23)21(5-2)6-3/h7,9-10,13,19H,4-6,8,11-12,14H2,1-3H3,(H,20,22). The second-order valence-corrected chi connectivity index (χ2v) is 5.45. The van der Waals surface area contributed by atoms with Gasteiger partial charge >= 0.3 is 0 Å². The minimum absolute atomic E-state index is 0.0436. The Morgan fingerprint density at radius 2 is 1.83 bits per heavy atom. The minimum Gasteiger partial charge on any atom is -0.343 e. The van der Waals surface area contributed by atoms with Gasteiger partial charge in [0.05, 0.1) is 0 Å². The molecule has 0 heterocycles. The Morgan fingerprint density at radius 1 is 1.09 bits per heavy atom. The second kappa shape index (κ2) is 10.8. The number of carbonyl (C=O) groups is 2. The number of carbonyl (C=O) groups excluding carboxylic acids is 2. The highest BCUT2D eigenvalue weighted by molar-refractivity contribution is 5.91. The number of nitrogens with one attached hydrogen (secondary N) is 2. The van der Waals surface area contributed by atoms with Gasteiger partial charge in [0.25, 0.3) is 0 Å². The number of anilines is 1. The van der Waals surface area contributed by atoms with Crippen molar-refractivity contribution < 1.29 is 9.59 Å². The van der Waals surface area contributed by atoms with Gasteiger partial charge in [0.15, 0.2) is 0 Å². The van der Waals surface area contributed by atoms with Crippen molar-refractivity contribution in [2.45, 2.75) is 46.6 Å². The average molecular weight is 319 g/mol.